The van der Waals surface area contributed by atoms with Gasteiger partial charge in [0.1, 0.15) is 5.82 Å². The average molecular weight is 232 g/mol. The molecule has 0 aliphatic carbocycles. The Hall–Kier alpha value is -0.980. The van der Waals surface area contributed by atoms with Crippen molar-refractivity contribution in [1.82, 2.24) is 0 Å². The summed E-state index contributed by atoms with van der Waals surface area (Å²) >= 11 is 0. The zero-order valence-electron chi connectivity index (χ0n) is 8.11. The van der Waals surface area contributed by atoms with Gasteiger partial charge in [0.2, 0.25) is 10.0 Å². The number of benzene rings is 1. The first-order chi connectivity index (χ1) is 6.92. The van der Waals surface area contributed by atoms with Crippen LogP contribution in [0.2, 0.25) is 0 Å². The molecule has 0 saturated carbocycles. The minimum Gasteiger partial charge on any atom is -0.326 e. The molecular weight excluding hydrogens is 219 g/mol. The zero-order valence-corrected chi connectivity index (χ0v) is 8.93. The molecule has 0 spiro atoms. The summed E-state index contributed by atoms with van der Waals surface area (Å²) in [5.74, 6) is -0.611. The fourth-order valence-corrected chi connectivity index (χ4v) is 1.78. The van der Waals surface area contributed by atoms with Crippen LogP contribution in [0.5, 0.6) is 0 Å². The number of nitrogens with two attached hydrogens (primary N) is 2. The van der Waals surface area contributed by atoms with Crippen molar-refractivity contribution in [3.8, 4) is 0 Å². The monoisotopic (exact) mass is 232 g/mol. The van der Waals surface area contributed by atoms with Gasteiger partial charge in [0, 0.05) is 6.54 Å². The van der Waals surface area contributed by atoms with Gasteiger partial charge in [0.15, 0.2) is 0 Å². The van der Waals surface area contributed by atoms with E-state index in [9.17, 15) is 12.8 Å². The second-order valence-corrected chi connectivity index (χ2v) is 4.97. The first kappa shape index (κ1) is 12.1. The average Bonchev–Trinajstić information content (AvgIpc) is 2.14. The van der Waals surface area contributed by atoms with Crippen LogP contribution in [0.3, 0.4) is 0 Å². The summed E-state index contributed by atoms with van der Waals surface area (Å²) in [7, 11) is -3.52. The normalized spacial score (nSPS) is 11.7. The van der Waals surface area contributed by atoms with E-state index in [1.54, 1.807) is 6.07 Å². The van der Waals surface area contributed by atoms with Crippen LogP contribution in [-0.2, 0) is 23.0 Å². The van der Waals surface area contributed by atoms with Crippen molar-refractivity contribution < 1.29 is 12.8 Å². The summed E-state index contributed by atoms with van der Waals surface area (Å²) in [6.45, 7) is 0.250. The van der Waals surface area contributed by atoms with E-state index in [-0.39, 0.29) is 18.7 Å². The molecule has 0 heterocycles. The van der Waals surface area contributed by atoms with Crippen molar-refractivity contribution in [2.24, 2.45) is 10.9 Å². The van der Waals surface area contributed by atoms with Gasteiger partial charge in [0.25, 0.3) is 0 Å². The molecule has 6 heteroatoms. The summed E-state index contributed by atoms with van der Waals surface area (Å²) in [5, 5.41) is 4.86. The lowest BCUT2D eigenvalue weighted by molar-refractivity contribution is 0.596. The lowest BCUT2D eigenvalue weighted by Gasteiger charge is -2.06. The van der Waals surface area contributed by atoms with Gasteiger partial charge in [-0.3, -0.25) is 0 Å². The number of halogens is 1. The summed E-state index contributed by atoms with van der Waals surface area (Å²) in [5.41, 5.74) is 6.76. The first-order valence-electron chi connectivity index (χ1n) is 4.40. The maximum absolute atomic E-state index is 12.9. The molecule has 1 rings (SSSR count). The smallest absolute Gasteiger partial charge is 0.209 e. The third-order valence-electron chi connectivity index (χ3n) is 2.04. The molecule has 0 aromatic heterocycles. The van der Waals surface area contributed by atoms with Gasteiger partial charge in [-0.05, 0) is 29.7 Å². The maximum Gasteiger partial charge on any atom is 0.209 e. The molecule has 1 aromatic carbocycles. The molecule has 0 radical (unpaired) electrons. The quantitative estimate of drug-likeness (QED) is 0.772. The molecule has 0 fully saturated rings. The Bertz CT molecular complexity index is 445. The highest BCUT2D eigenvalue weighted by molar-refractivity contribution is 7.89. The van der Waals surface area contributed by atoms with E-state index >= 15 is 0 Å². The van der Waals surface area contributed by atoms with Gasteiger partial charge < -0.3 is 5.73 Å². The SMILES string of the molecule is NCc1ccc(F)cc1CCS(N)(=O)=O. The fourth-order valence-electron chi connectivity index (χ4n) is 1.28. The second kappa shape index (κ2) is 4.69. The number of sulfonamides is 1. The Morgan fingerprint density at radius 1 is 1.27 bits per heavy atom. The second-order valence-electron chi connectivity index (χ2n) is 3.23. The van der Waals surface area contributed by atoms with Crippen molar-refractivity contribution in [3.05, 3.63) is 35.1 Å². The van der Waals surface area contributed by atoms with Gasteiger partial charge in [0.05, 0.1) is 5.75 Å². The third kappa shape index (κ3) is 3.94. The third-order valence-corrected chi connectivity index (χ3v) is 2.82. The maximum atomic E-state index is 12.9. The van der Waals surface area contributed by atoms with E-state index in [4.69, 9.17) is 10.9 Å². The Morgan fingerprint density at radius 2 is 1.93 bits per heavy atom. The van der Waals surface area contributed by atoms with E-state index < -0.39 is 15.8 Å². The van der Waals surface area contributed by atoms with Crippen LogP contribution in [0.4, 0.5) is 4.39 Å². The number of rotatable bonds is 4. The number of aryl methyl sites for hydroxylation is 1. The Labute approximate surface area is 88.1 Å². The largest absolute Gasteiger partial charge is 0.326 e. The molecule has 0 aliphatic heterocycles. The van der Waals surface area contributed by atoms with E-state index in [0.29, 0.717) is 5.56 Å². The summed E-state index contributed by atoms with van der Waals surface area (Å²) in [6, 6.07) is 4.13. The molecule has 0 bridgehead atoms. The van der Waals surface area contributed by atoms with E-state index in [1.165, 1.54) is 12.1 Å². The number of hydrogen-bond acceptors (Lipinski definition) is 3. The lowest BCUT2D eigenvalue weighted by atomic mass is 10.1. The highest BCUT2D eigenvalue weighted by Gasteiger charge is 2.07. The standard InChI is InChI=1S/C9H13FN2O2S/c10-9-2-1-8(6-11)7(5-9)3-4-15(12,13)14/h1-2,5H,3-4,6,11H2,(H2,12,13,14). The minimum atomic E-state index is -3.52. The molecule has 1 aromatic rings. The molecule has 15 heavy (non-hydrogen) atoms. The summed E-state index contributed by atoms with van der Waals surface area (Å²) in [4.78, 5) is 0. The fraction of sp³-hybridized carbons (Fsp3) is 0.333. The van der Waals surface area contributed by atoms with Gasteiger partial charge in [-0.25, -0.2) is 17.9 Å². The molecule has 0 saturated heterocycles. The minimum absolute atomic E-state index is 0.184. The molecule has 0 atom stereocenters. The van der Waals surface area contributed by atoms with Crippen LogP contribution >= 0.6 is 0 Å². The van der Waals surface area contributed by atoms with Crippen molar-refractivity contribution in [1.29, 1.82) is 0 Å². The van der Waals surface area contributed by atoms with Gasteiger partial charge in [-0.2, -0.15) is 0 Å². The van der Waals surface area contributed by atoms with Crippen LogP contribution < -0.4 is 10.9 Å². The van der Waals surface area contributed by atoms with Crippen molar-refractivity contribution in [2.75, 3.05) is 5.75 Å². The zero-order chi connectivity index (χ0) is 11.5. The van der Waals surface area contributed by atoms with Crippen LogP contribution in [0, 0.1) is 5.82 Å². The van der Waals surface area contributed by atoms with Crippen LogP contribution in [0.15, 0.2) is 18.2 Å². The molecular formula is C9H13FN2O2S. The molecule has 0 aliphatic rings. The van der Waals surface area contributed by atoms with Gasteiger partial charge >= 0.3 is 0 Å². The molecule has 84 valence electrons. The summed E-state index contributed by atoms with van der Waals surface area (Å²) < 4.78 is 34.4. The summed E-state index contributed by atoms with van der Waals surface area (Å²) in [6.07, 6.45) is 0.184. The number of hydrogen-bond donors (Lipinski definition) is 2. The van der Waals surface area contributed by atoms with Crippen molar-refractivity contribution in [3.63, 3.8) is 0 Å². The van der Waals surface area contributed by atoms with Gasteiger partial charge in [-0.1, -0.05) is 6.07 Å². The highest BCUT2D eigenvalue weighted by Crippen LogP contribution is 2.12. The van der Waals surface area contributed by atoms with Crippen LogP contribution in [-0.4, -0.2) is 14.2 Å². The topological polar surface area (TPSA) is 86.2 Å². The predicted octanol–water partition coefficient (Wildman–Crippen LogP) is 0.115. The van der Waals surface area contributed by atoms with E-state index in [2.05, 4.69) is 0 Å². The molecule has 0 amide bonds. The highest BCUT2D eigenvalue weighted by atomic mass is 32.2. The van der Waals surface area contributed by atoms with Crippen molar-refractivity contribution >= 4 is 10.0 Å². The van der Waals surface area contributed by atoms with E-state index in [0.717, 1.165) is 5.56 Å². The Kier molecular flexibility index (Phi) is 3.78. The first-order valence-corrected chi connectivity index (χ1v) is 6.12. The molecule has 0 unspecified atom stereocenters. The molecule has 4 N–H and O–H groups in total. The lowest BCUT2D eigenvalue weighted by Crippen LogP contribution is -2.18. The van der Waals surface area contributed by atoms with E-state index in [1.807, 2.05) is 0 Å². The number of primary sulfonamides is 1. The van der Waals surface area contributed by atoms with Crippen LogP contribution in [0.25, 0.3) is 0 Å². The van der Waals surface area contributed by atoms with Crippen LogP contribution in [0.1, 0.15) is 11.1 Å². The molecule has 4 nitrogen and oxygen atoms in total. The van der Waals surface area contributed by atoms with Gasteiger partial charge in [-0.15, -0.1) is 0 Å². The van der Waals surface area contributed by atoms with Crippen molar-refractivity contribution in [2.45, 2.75) is 13.0 Å². The predicted molar refractivity (Wildman–Crippen MR) is 56.0 cm³/mol. The Morgan fingerprint density at radius 3 is 2.47 bits per heavy atom. The Balaban J connectivity index is 2.88.